The van der Waals surface area contributed by atoms with Crippen molar-refractivity contribution in [2.45, 2.75) is 51.5 Å². The third kappa shape index (κ3) is 3.46. The fourth-order valence-corrected chi connectivity index (χ4v) is 2.96. The molecule has 1 atom stereocenters. The Balaban J connectivity index is 1.82. The highest BCUT2D eigenvalue weighted by molar-refractivity contribution is 5.87. The lowest BCUT2D eigenvalue weighted by molar-refractivity contribution is 0.0486. The normalized spacial score (nSPS) is 15.4. The van der Waals surface area contributed by atoms with E-state index in [1.165, 1.54) is 24.0 Å². The summed E-state index contributed by atoms with van der Waals surface area (Å²) >= 11 is 0. The van der Waals surface area contributed by atoms with E-state index in [4.69, 9.17) is 4.74 Å². The van der Waals surface area contributed by atoms with Gasteiger partial charge in [-0.05, 0) is 43.2 Å². The number of nitrogens with zero attached hydrogens (tertiary/aromatic N) is 2. The lowest BCUT2D eigenvalue weighted by Gasteiger charge is -2.19. The number of ether oxygens (including phenoxy) is 1. The van der Waals surface area contributed by atoms with Gasteiger partial charge in [0.1, 0.15) is 5.69 Å². The molecule has 0 aliphatic heterocycles. The quantitative estimate of drug-likeness (QED) is 0.564. The van der Waals surface area contributed by atoms with Crippen LogP contribution in [-0.4, -0.2) is 22.1 Å². The molecule has 23 heavy (non-hydrogen) atoms. The number of benzene rings is 1. The third-order valence-electron chi connectivity index (χ3n) is 4.49. The van der Waals surface area contributed by atoms with Crippen LogP contribution < -0.4 is 0 Å². The third-order valence-corrected chi connectivity index (χ3v) is 4.49. The van der Waals surface area contributed by atoms with Crippen molar-refractivity contribution in [3.8, 4) is 0 Å². The molecule has 1 heterocycles. The molecule has 0 radical (unpaired) electrons. The van der Waals surface area contributed by atoms with Crippen LogP contribution in [0.3, 0.4) is 0 Å². The van der Waals surface area contributed by atoms with Crippen LogP contribution in [0.2, 0.25) is 0 Å². The molecule has 1 aliphatic carbocycles. The first-order chi connectivity index (χ1) is 11.2. The second kappa shape index (κ2) is 6.99. The van der Waals surface area contributed by atoms with Crippen molar-refractivity contribution < 1.29 is 9.53 Å². The molecule has 122 valence electrons. The van der Waals surface area contributed by atoms with Crippen LogP contribution in [-0.2, 0) is 4.74 Å². The second-order valence-electron chi connectivity index (χ2n) is 6.25. The van der Waals surface area contributed by atoms with Gasteiger partial charge in [0, 0.05) is 0 Å². The van der Waals surface area contributed by atoms with E-state index in [0.717, 1.165) is 12.8 Å². The first-order valence-corrected chi connectivity index (χ1v) is 8.50. The van der Waals surface area contributed by atoms with Crippen molar-refractivity contribution in [3.05, 3.63) is 53.6 Å². The summed E-state index contributed by atoms with van der Waals surface area (Å²) in [7, 11) is 0. The maximum Gasteiger partial charge on any atom is 0.356 e. The summed E-state index contributed by atoms with van der Waals surface area (Å²) in [4.78, 5) is 16.5. The Labute approximate surface area is 137 Å². The van der Waals surface area contributed by atoms with Crippen LogP contribution in [0.5, 0.6) is 0 Å². The molecule has 1 fully saturated rings. The summed E-state index contributed by atoms with van der Waals surface area (Å²) in [6.07, 6.45) is 7.76. The predicted molar refractivity (Wildman–Crippen MR) is 89.6 cm³/mol. The fraction of sp³-hybridized carbons (Fsp3) is 0.474. The summed E-state index contributed by atoms with van der Waals surface area (Å²) in [5, 5.41) is 0. The molecule has 1 aromatic carbocycles. The lowest BCUT2D eigenvalue weighted by atomic mass is 9.98. The molecule has 0 bridgehead atoms. The molecule has 1 saturated carbocycles. The van der Waals surface area contributed by atoms with Gasteiger partial charge >= 0.3 is 5.97 Å². The summed E-state index contributed by atoms with van der Waals surface area (Å²) in [6.45, 7) is 4.66. The standard InChI is InChI=1S/C19H24N2O2/c1-3-4-11-23-19(22)18-12-20-13-21(18)14(2)16-7-5-6-8-17(16)15-9-10-15/h5-8,12-15H,3-4,9-11H2,1-2H3/t14-/m1/s1. The molecule has 3 rings (SSSR count). The number of hydrogen-bond acceptors (Lipinski definition) is 3. The summed E-state index contributed by atoms with van der Waals surface area (Å²) in [5.74, 6) is 0.392. The fourth-order valence-electron chi connectivity index (χ4n) is 2.96. The zero-order valence-corrected chi connectivity index (χ0v) is 13.9. The van der Waals surface area contributed by atoms with E-state index >= 15 is 0 Å². The molecule has 0 amide bonds. The first kappa shape index (κ1) is 15.8. The monoisotopic (exact) mass is 312 g/mol. The van der Waals surface area contributed by atoms with Gasteiger partial charge in [-0.15, -0.1) is 0 Å². The molecule has 1 aromatic heterocycles. The van der Waals surface area contributed by atoms with Crippen LogP contribution in [0.4, 0.5) is 0 Å². The molecule has 0 unspecified atom stereocenters. The Hall–Kier alpha value is -2.10. The summed E-state index contributed by atoms with van der Waals surface area (Å²) in [6, 6.07) is 8.60. The van der Waals surface area contributed by atoms with Crippen molar-refractivity contribution >= 4 is 5.97 Å². The number of carbonyl (C=O) groups excluding carboxylic acids is 1. The Morgan fingerprint density at radius 2 is 2.17 bits per heavy atom. The van der Waals surface area contributed by atoms with Gasteiger partial charge < -0.3 is 9.30 Å². The van der Waals surface area contributed by atoms with Crippen molar-refractivity contribution in [2.24, 2.45) is 0 Å². The topological polar surface area (TPSA) is 44.1 Å². The van der Waals surface area contributed by atoms with Crippen molar-refractivity contribution in [1.29, 1.82) is 0 Å². The largest absolute Gasteiger partial charge is 0.461 e. The number of aromatic nitrogens is 2. The Kier molecular flexibility index (Phi) is 4.79. The average molecular weight is 312 g/mol. The van der Waals surface area contributed by atoms with E-state index in [9.17, 15) is 4.79 Å². The highest BCUT2D eigenvalue weighted by Crippen LogP contribution is 2.43. The number of imidazole rings is 1. The van der Waals surface area contributed by atoms with E-state index in [0.29, 0.717) is 18.2 Å². The van der Waals surface area contributed by atoms with Crippen molar-refractivity contribution in [2.75, 3.05) is 6.61 Å². The summed E-state index contributed by atoms with van der Waals surface area (Å²) < 4.78 is 7.27. The SMILES string of the molecule is CCCCOC(=O)c1cncn1[C@H](C)c1ccccc1C1CC1. The van der Waals surface area contributed by atoms with Crippen LogP contribution >= 0.6 is 0 Å². The number of unbranched alkanes of at least 4 members (excludes halogenated alkanes) is 1. The lowest BCUT2D eigenvalue weighted by Crippen LogP contribution is -2.16. The van der Waals surface area contributed by atoms with Gasteiger partial charge in [0.15, 0.2) is 0 Å². The maximum atomic E-state index is 12.3. The van der Waals surface area contributed by atoms with E-state index in [-0.39, 0.29) is 12.0 Å². The van der Waals surface area contributed by atoms with Crippen LogP contribution in [0.1, 0.15) is 73.1 Å². The smallest absolute Gasteiger partial charge is 0.356 e. The highest BCUT2D eigenvalue weighted by atomic mass is 16.5. The Morgan fingerprint density at radius 1 is 1.39 bits per heavy atom. The first-order valence-electron chi connectivity index (χ1n) is 8.50. The number of hydrogen-bond donors (Lipinski definition) is 0. The van der Waals surface area contributed by atoms with Crippen LogP contribution in [0, 0.1) is 0 Å². The van der Waals surface area contributed by atoms with E-state index in [2.05, 4.69) is 43.1 Å². The maximum absolute atomic E-state index is 12.3. The van der Waals surface area contributed by atoms with Gasteiger partial charge in [-0.3, -0.25) is 0 Å². The molecular weight excluding hydrogens is 288 g/mol. The molecule has 0 saturated heterocycles. The number of carbonyl (C=O) groups is 1. The zero-order chi connectivity index (χ0) is 16.2. The molecule has 4 heteroatoms. The van der Waals surface area contributed by atoms with Crippen LogP contribution in [0.25, 0.3) is 0 Å². The molecule has 1 aliphatic rings. The summed E-state index contributed by atoms with van der Waals surface area (Å²) in [5.41, 5.74) is 3.20. The Bertz CT molecular complexity index is 674. The average Bonchev–Trinajstić information content (AvgIpc) is 3.30. The van der Waals surface area contributed by atoms with Gasteiger partial charge in [0.05, 0.1) is 25.2 Å². The van der Waals surface area contributed by atoms with Gasteiger partial charge in [0.25, 0.3) is 0 Å². The number of esters is 1. The molecule has 0 N–H and O–H groups in total. The van der Waals surface area contributed by atoms with E-state index in [1.54, 1.807) is 12.5 Å². The van der Waals surface area contributed by atoms with Crippen molar-refractivity contribution in [1.82, 2.24) is 9.55 Å². The van der Waals surface area contributed by atoms with Gasteiger partial charge in [-0.25, -0.2) is 9.78 Å². The van der Waals surface area contributed by atoms with E-state index < -0.39 is 0 Å². The second-order valence-corrected chi connectivity index (χ2v) is 6.25. The van der Waals surface area contributed by atoms with Crippen LogP contribution in [0.15, 0.2) is 36.8 Å². The van der Waals surface area contributed by atoms with Gasteiger partial charge in [-0.2, -0.15) is 0 Å². The predicted octanol–water partition coefficient (Wildman–Crippen LogP) is 4.33. The van der Waals surface area contributed by atoms with E-state index in [1.807, 2.05) is 4.57 Å². The zero-order valence-electron chi connectivity index (χ0n) is 13.9. The van der Waals surface area contributed by atoms with Crippen molar-refractivity contribution in [3.63, 3.8) is 0 Å². The molecular formula is C19H24N2O2. The highest BCUT2D eigenvalue weighted by Gasteiger charge is 2.28. The molecule has 4 nitrogen and oxygen atoms in total. The molecule has 2 aromatic rings. The minimum absolute atomic E-state index is 0.0722. The Morgan fingerprint density at radius 3 is 2.91 bits per heavy atom. The minimum Gasteiger partial charge on any atom is -0.461 e. The van der Waals surface area contributed by atoms with Gasteiger partial charge in [-0.1, -0.05) is 37.6 Å². The number of rotatable bonds is 7. The van der Waals surface area contributed by atoms with Gasteiger partial charge in [0.2, 0.25) is 0 Å². The minimum atomic E-state index is -0.285. The molecule has 0 spiro atoms.